The molecule has 0 fully saturated rings. The van der Waals surface area contributed by atoms with Crippen molar-refractivity contribution in [3.8, 4) is 6.07 Å². The molecule has 7 heteroatoms. The van der Waals surface area contributed by atoms with Crippen molar-refractivity contribution < 1.29 is 18.3 Å². The van der Waals surface area contributed by atoms with Crippen LogP contribution < -0.4 is 0 Å². The van der Waals surface area contributed by atoms with Gasteiger partial charge in [0.25, 0.3) is 0 Å². The molecule has 0 saturated heterocycles. The van der Waals surface area contributed by atoms with Crippen LogP contribution in [-0.2, 0) is 18.4 Å². The average Bonchev–Trinajstić information content (AvgIpc) is 3.07. The van der Waals surface area contributed by atoms with Crippen LogP contribution in [0.4, 0.5) is 13.2 Å². The van der Waals surface area contributed by atoms with E-state index in [-0.39, 0.29) is 5.69 Å². The van der Waals surface area contributed by atoms with Gasteiger partial charge in [-0.2, -0.15) is 18.4 Å². The Balaban J connectivity index is 1.93. The summed E-state index contributed by atoms with van der Waals surface area (Å²) in [6.07, 6.45) is -5.91. The summed E-state index contributed by atoms with van der Waals surface area (Å²) in [5.41, 5.74) is -0.784. The number of halogens is 3. The maximum Gasteiger partial charge on any atom is 0.417 e. The zero-order valence-electron chi connectivity index (χ0n) is 18.7. The normalized spacial score (nSPS) is 14.5. The Morgan fingerprint density at radius 2 is 1.78 bits per heavy atom. The zero-order chi connectivity index (χ0) is 23.7. The summed E-state index contributed by atoms with van der Waals surface area (Å²) >= 11 is 0. The second kappa shape index (κ2) is 8.61. The summed E-state index contributed by atoms with van der Waals surface area (Å²) in [5.74, 6) is 0. The molecule has 0 bridgehead atoms. The highest BCUT2D eigenvalue weighted by Crippen LogP contribution is 2.43. The summed E-state index contributed by atoms with van der Waals surface area (Å²) in [6, 6.07) is 16.0. The van der Waals surface area contributed by atoms with E-state index in [9.17, 15) is 18.3 Å². The fourth-order valence-corrected chi connectivity index (χ4v) is 4.22. The van der Waals surface area contributed by atoms with E-state index in [0.29, 0.717) is 23.0 Å². The number of aromatic nitrogens is 1. The number of hydrogen-bond donors (Lipinski definition) is 2. The van der Waals surface area contributed by atoms with Crippen LogP contribution in [0.1, 0.15) is 42.7 Å². The maximum absolute atomic E-state index is 14.1. The molecule has 0 spiro atoms. The van der Waals surface area contributed by atoms with Crippen molar-refractivity contribution in [2.24, 2.45) is 0 Å². The molecule has 0 aliphatic heterocycles. The van der Waals surface area contributed by atoms with Gasteiger partial charge in [-0.15, -0.1) is 0 Å². The number of nitriles is 1. The predicted octanol–water partition coefficient (Wildman–Crippen LogP) is 5.30. The van der Waals surface area contributed by atoms with Crippen LogP contribution in [0.2, 0.25) is 0 Å². The third-order valence-corrected chi connectivity index (χ3v) is 5.76. The third-order valence-electron chi connectivity index (χ3n) is 5.76. The molecule has 0 aliphatic carbocycles. The molecule has 3 aromatic rings. The van der Waals surface area contributed by atoms with E-state index in [1.165, 1.54) is 0 Å². The van der Waals surface area contributed by atoms with Crippen LogP contribution in [0.25, 0.3) is 10.9 Å². The Hall–Kier alpha value is -2.82. The van der Waals surface area contributed by atoms with Crippen molar-refractivity contribution in [1.82, 2.24) is 9.88 Å². The van der Waals surface area contributed by atoms with Crippen molar-refractivity contribution in [2.45, 2.75) is 50.4 Å². The van der Waals surface area contributed by atoms with E-state index >= 15 is 0 Å². The highest BCUT2D eigenvalue weighted by Gasteiger charge is 2.56. The Morgan fingerprint density at radius 3 is 2.41 bits per heavy atom. The lowest BCUT2D eigenvalue weighted by atomic mass is 9.73. The quantitative estimate of drug-likeness (QED) is 0.521. The highest BCUT2D eigenvalue weighted by atomic mass is 19.4. The fourth-order valence-electron chi connectivity index (χ4n) is 4.22. The first kappa shape index (κ1) is 23.8. The highest BCUT2D eigenvalue weighted by molar-refractivity contribution is 5.81. The number of benzene rings is 2. The smallest absolute Gasteiger partial charge is 0.380 e. The summed E-state index contributed by atoms with van der Waals surface area (Å²) in [6.45, 7) is 4.12. The SMILES string of the molecule is CN(C)Cc1cccc(C(C)(C)CC(O)(Cc2cc3cc(C#N)ccc3[nH]2)C(F)(F)F)c1. The second-order valence-corrected chi connectivity index (χ2v) is 9.41. The van der Waals surface area contributed by atoms with Crippen LogP contribution in [-0.4, -0.2) is 40.9 Å². The Bertz CT molecular complexity index is 1140. The Labute approximate surface area is 186 Å². The van der Waals surface area contributed by atoms with Crippen molar-refractivity contribution in [3.63, 3.8) is 0 Å². The lowest BCUT2D eigenvalue weighted by Gasteiger charge is -2.38. The Kier molecular flexibility index (Phi) is 6.41. The predicted molar refractivity (Wildman–Crippen MR) is 119 cm³/mol. The van der Waals surface area contributed by atoms with E-state index in [1.54, 1.807) is 38.1 Å². The molecule has 2 aromatic carbocycles. The molecule has 1 atom stereocenters. The van der Waals surface area contributed by atoms with Gasteiger partial charge in [-0.3, -0.25) is 0 Å². The zero-order valence-corrected chi connectivity index (χ0v) is 18.7. The fraction of sp³-hybridized carbons (Fsp3) is 0.400. The van der Waals surface area contributed by atoms with Crippen LogP contribution in [0.3, 0.4) is 0 Å². The minimum absolute atomic E-state index is 0.270. The Morgan fingerprint density at radius 1 is 1.06 bits per heavy atom. The molecule has 170 valence electrons. The molecule has 32 heavy (non-hydrogen) atoms. The van der Waals surface area contributed by atoms with Gasteiger partial charge in [0.15, 0.2) is 5.60 Å². The molecule has 1 unspecified atom stereocenters. The molecule has 2 N–H and O–H groups in total. The van der Waals surface area contributed by atoms with E-state index in [4.69, 9.17) is 5.26 Å². The number of fused-ring (bicyclic) bond motifs is 1. The van der Waals surface area contributed by atoms with Crippen LogP contribution in [0, 0.1) is 11.3 Å². The van der Waals surface area contributed by atoms with Crippen molar-refractivity contribution in [3.05, 3.63) is 70.9 Å². The molecule has 3 rings (SSSR count). The van der Waals surface area contributed by atoms with Gasteiger partial charge >= 0.3 is 6.18 Å². The minimum Gasteiger partial charge on any atom is -0.380 e. The first-order chi connectivity index (χ1) is 14.8. The first-order valence-corrected chi connectivity index (χ1v) is 10.4. The van der Waals surface area contributed by atoms with Gasteiger partial charge in [-0.05, 0) is 61.3 Å². The maximum atomic E-state index is 14.1. The molecule has 0 aliphatic rings. The van der Waals surface area contributed by atoms with Crippen molar-refractivity contribution in [1.29, 1.82) is 5.26 Å². The summed E-state index contributed by atoms with van der Waals surface area (Å²) in [5, 5.41) is 20.6. The molecular formula is C25H28F3N3O. The lowest BCUT2D eigenvalue weighted by molar-refractivity contribution is -0.266. The number of rotatable bonds is 7. The van der Waals surface area contributed by atoms with Gasteiger partial charge in [0.1, 0.15) is 0 Å². The van der Waals surface area contributed by atoms with Crippen LogP contribution >= 0.6 is 0 Å². The number of hydrogen-bond acceptors (Lipinski definition) is 3. The van der Waals surface area contributed by atoms with E-state index in [0.717, 1.165) is 11.1 Å². The number of aliphatic hydroxyl groups is 1. The van der Waals surface area contributed by atoms with Gasteiger partial charge in [-0.25, -0.2) is 0 Å². The van der Waals surface area contributed by atoms with E-state index in [2.05, 4.69) is 4.98 Å². The topological polar surface area (TPSA) is 63.0 Å². The molecule has 0 radical (unpaired) electrons. The standard InChI is InChI=1S/C25H28F3N3O/c1-23(2,20-7-5-6-18(11-20)15-31(3)4)16-24(32,25(26,27)28)13-21-12-19-10-17(14-29)8-9-22(19)30-21/h5-12,30,32H,13,15-16H2,1-4H3. The van der Waals surface area contributed by atoms with Gasteiger partial charge in [0.05, 0.1) is 11.6 Å². The molecule has 1 aromatic heterocycles. The molecular weight excluding hydrogens is 415 g/mol. The van der Waals surface area contributed by atoms with E-state index < -0.39 is 30.0 Å². The largest absolute Gasteiger partial charge is 0.417 e. The molecule has 0 amide bonds. The van der Waals surface area contributed by atoms with E-state index in [1.807, 2.05) is 49.3 Å². The number of aromatic amines is 1. The molecule has 4 nitrogen and oxygen atoms in total. The van der Waals surface area contributed by atoms with Crippen molar-refractivity contribution in [2.75, 3.05) is 14.1 Å². The molecule has 0 saturated carbocycles. The number of H-pyrrole nitrogens is 1. The minimum atomic E-state index is -4.82. The van der Waals surface area contributed by atoms with Gasteiger partial charge in [-0.1, -0.05) is 38.1 Å². The van der Waals surface area contributed by atoms with Gasteiger partial charge < -0.3 is 15.0 Å². The number of alkyl halides is 3. The van der Waals surface area contributed by atoms with Crippen LogP contribution in [0.15, 0.2) is 48.5 Å². The average molecular weight is 444 g/mol. The van der Waals surface area contributed by atoms with Gasteiger partial charge in [0, 0.05) is 29.6 Å². The number of nitrogens with one attached hydrogen (secondary N) is 1. The third kappa shape index (κ3) is 5.14. The first-order valence-electron chi connectivity index (χ1n) is 10.4. The monoisotopic (exact) mass is 443 g/mol. The second-order valence-electron chi connectivity index (χ2n) is 9.41. The lowest BCUT2D eigenvalue weighted by Crippen LogP contribution is -2.50. The van der Waals surface area contributed by atoms with Crippen LogP contribution in [0.5, 0.6) is 0 Å². The van der Waals surface area contributed by atoms with Gasteiger partial charge in [0.2, 0.25) is 0 Å². The summed E-state index contributed by atoms with van der Waals surface area (Å²) in [4.78, 5) is 4.95. The van der Waals surface area contributed by atoms with Crippen molar-refractivity contribution >= 4 is 10.9 Å². The molecule has 1 heterocycles. The number of nitrogens with zero attached hydrogens (tertiary/aromatic N) is 2. The summed E-state index contributed by atoms with van der Waals surface area (Å²) < 4.78 is 42.4. The summed E-state index contributed by atoms with van der Waals surface area (Å²) in [7, 11) is 3.86.